The molecule has 0 amide bonds. The zero-order valence-electron chi connectivity index (χ0n) is 32.2. The summed E-state index contributed by atoms with van der Waals surface area (Å²) >= 11 is 0. The van der Waals surface area contributed by atoms with Gasteiger partial charge in [0.25, 0.3) is 0 Å². The molecule has 0 heterocycles. The number of benzene rings is 3. The summed E-state index contributed by atoms with van der Waals surface area (Å²) in [5, 5.41) is 0. The molecule has 1 fully saturated rings. The molecule has 254 valence electrons. The van der Waals surface area contributed by atoms with Crippen LogP contribution in [0.1, 0.15) is 138 Å². The van der Waals surface area contributed by atoms with E-state index in [0.717, 1.165) is 12.8 Å². The number of fused-ring (bicyclic) bond motifs is 2. The van der Waals surface area contributed by atoms with Crippen molar-refractivity contribution < 1.29 is 0 Å². The summed E-state index contributed by atoms with van der Waals surface area (Å²) in [4.78, 5) is 0. The quantitative estimate of drug-likeness (QED) is 0.226. The fourth-order valence-corrected chi connectivity index (χ4v) is 8.26. The van der Waals surface area contributed by atoms with Crippen molar-refractivity contribution in [3.8, 4) is 11.1 Å². The number of allylic oxidation sites excluding steroid dienone is 5. The summed E-state index contributed by atoms with van der Waals surface area (Å²) in [7, 11) is 0. The molecule has 0 saturated heterocycles. The second kappa shape index (κ2) is 13.9. The molecule has 48 heavy (non-hydrogen) atoms. The van der Waals surface area contributed by atoms with Crippen LogP contribution in [0, 0.1) is 36.5 Å². The van der Waals surface area contributed by atoms with Gasteiger partial charge < -0.3 is 0 Å². The van der Waals surface area contributed by atoms with Gasteiger partial charge in [-0.3, -0.25) is 0 Å². The fraction of sp³-hybridized carbons (Fsp3) is 0.458. The van der Waals surface area contributed by atoms with Gasteiger partial charge in [-0.05, 0) is 149 Å². The van der Waals surface area contributed by atoms with Gasteiger partial charge in [-0.25, -0.2) is 0 Å². The normalized spacial score (nSPS) is 21.6. The Morgan fingerprint density at radius 3 is 2.10 bits per heavy atom. The summed E-state index contributed by atoms with van der Waals surface area (Å²) in [5.74, 6) is 1.71. The van der Waals surface area contributed by atoms with E-state index in [1.165, 1.54) is 98.0 Å². The molecule has 0 aliphatic heterocycles. The summed E-state index contributed by atoms with van der Waals surface area (Å²) in [6.45, 7) is 33.6. The molecule has 0 bridgehead atoms. The molecule has 0 heteroatoms. The molecule has 1 saturated carbocycles. The highest BCUT2D eigenvalue weighted by molar-refractivity contribution is 5.94. The molecule has 0 spiro atoms. The zero-order valence-corrected chi connectivity index (χ0v) is 32.2. The smallest absolute Gasteiger partial charge is 0.000174 e. The summed E-state index contributed by atoms with van der Waals surface area (Å²) in [6.07, 6.45) is 12.0. The van der Waals surface area contributed by atoms with Crippen LogP contribution in [-0.4, -0.2) is 0 Å². The van der Waals surface area contributed by atoms with Crippen LogP contribution in [0.5, 0.6) is 0 Å². The topological polar surface area (TPSA) is 0 Å². The lowest BCUT2D eigenvalue weighted by molar-refractivity contribution is 0.224. The predicted octanol–water partition coefficient (Wildman–Crippen LogP) is 14.1. The van der Waals surface area contributed by atoms with E-state index in [1.807, 2.05) is 0 Å². The van der Waals surface area contributed by atoms with Gasteiger partial charge in [0.2, 0.25) is 0 Å². The average Bonchev–Trinajstić information content (AvgIpc) is 3.57. The van der Waals surface area contributed by atoms with E-state index in [4.69, 9.17) is 0 Å². The molecule has 1 unspecified atom stereocenters. The van der Waals surface area contributed by atoms with E-state index >= 15 is 0 Å². The van der Waals surface area contributed by atoms with Gasteiger partial charge in [0, 0.05) is 5.92 Å². The molecule has 3 aliphatic carbocycles. The van der Waals surface area contributed by atoms with Gasteiger partial charge in [-0.15, -0.1) is 0 Å². The molecule has 0 aromatic heterocycles. The van der Waals surface area contributed by atoms with Crippen LogP contribution in [0.4, 0.5) is 0 Å². The summed E-state index contributed by atoms with van der Waals surface area (Å²) in [6, 6.07) is 18.9. The van der Waals surface area contributed by atoms with Crippen LogP contribution < -0.4 is 0 Å². The SMILES string of the molecule is C=C(C)Cc1c(C)cc2c(c1-c1ccc(C)cc1)CC(c1ccc3c(c1)C(C1CCC(C)(C(=C)C(C)C)CC1)=CC3C)=C2.CC(C)(C)C. The van der Waals surface area contributed by atoms with E-state index in [1.54, 1.807) is 5.57 Å². The molecule has 6 rings (SSSR count). The van der Waals surface area contributed by atoms with E-state index in [9.17, 15) is 0 Å². The van der Waals surface area contributed by atoms with Crippen molar-refractivity contribution in [3.05, 3.63) is 123 Å². The zero-order chi connectivity index (χ0) is 35.1. The monoisotopic (exact) mass is 638 g/mol. The molecule has 1 atom stereocenters. The first-order valence-electron chi connectivity index (χ1n) is 18.6. The van der Waals surface area contributed by atoms with Crippen LogP contribution >= 0.6 is 0 Å². The Labute approximate surface area is 294 Å². The Kier molecular flexibility index (Phi) is 10.4. The van der Waals surface area contributed by atoms with Gasteiger partial charge >= 0.3 is 0 Å². The number of aryl methyl sites for hydroxylation is 2. The minimum Gasteiger partial charge on any atom is -0.0998 e. The van der Waals surface area contributed by atoms with E-state index in [0.29, 0.717) is 23.2 Å². The average molecular weight is 639 g/mol. The molecule has 3 aliphatic rings. The van der Waals surface area contributed by atoms with Crippen molar-refractivity contribution in [2.24, 2.45) is 22.7 Å². The third-order valence-electron chi connectivity index (χ3n) is 11.0. The fourth-order valence-electron chi connectivity index (χ4n) is 8.26. The van der Waals surface area contributed by atoms with Gasteiger partial charge in [0.15, 0.2) is 0 Å². The van der Waals surface area contributed by atoms with Crippen molar-refractivity contribution in [1.29, 1.82) is 0 Å². The predicted molar refractivity (Wildman–Crippen MR) is 213 cm³/mol. The molecule has 0 nitrogen and oxygen atoms in total. The first-order valence-corrected chi connectivity index (χ1v) is 18.6. The minimum atomic E-state index is 0.289. The van der Waals surface area contributed by atoms with Crippen LogP contribution in [0.25, 0.3) is 28.3 Å². The van der Waals surface area contributed by atoms with Crippen LogP contribution in [0.3, 0.4) is 0 Å². The Balaban J connectivity index is 0.000000840. The lowest BCUT2D eigenvalue weighted by Crippen LogP contribution is -2.28. The van der Waals surface area contributed by atoms with E-state index < -0.39 is 0 Å². The first kappa shape index (κ1) is 35.9. The van der Waals surface area contributed by atoms with E-state index in [2.05, 4.69) is 150 Å². The Bertz CT molecular complexity index is 1740. The lowest BCUT2D eigenvalue weighted by Gasteiger charge is -2.41. The Hall–Kier alpha value is -3.38. The van der Waals surface area contributed by atoms with E-state index in [-0.39, 0.29) is 5.41 Å². The van der Waals surface area contributed by atoms with Gasteiger partial charge in [0.05, 0.1) is 0 Å². The van der Waals surface area contributed by atoms with Crippen LogP contribution in [-0.2, 0) is 12.8 Å². The molecule has 0 radical (unpaired) electrons. The lowest BCUT2D eigenvalue weighted by atomic mass is 9.64. The van der Waals surface area contributed by atoms with Crippen molar-refractivity contribution in [2.75, 3.05) is 0 Å². The number of rotatable bonds is 7. The van der Waals surface area contributed by atoms with Crippen molar-refractivity contribution in [3.63, 3.8) is 0 Å². The van der Waals surface area contributed by atoms with Crippen molar-refractivity contribution in [2.45, 2.75) is 121 Å². The maximum Gasteiger partial charge on any atom is 0.000174 e. The molecule has 0 N–H and O–H groups in total. The van der Waals surface area contributed by atoms with Crippen molar-refractivity contribution >= 4 is 17.2 Å². The van der Waals surface area contributed by atoms with Gasteiger partial charge in [-0.1, -0.05) is 140 Å². The maximum absolute atomic E-state index is 4.52. The first-order chi connectivity index (χ1) is 22.4. The third kappa shape index (κ3) is 7.75. The highest BCUT2D eigenvalue weighted by atomic mass is 14.4. The van der Waals surface area contributed by atoms with Gasteiger partial charge in [0.1, 0.15) is 0 Å². The van der Waals surface area contributed by atoms with Gasteiger partial charge in [-0.2, -0.15) is 0 Å². The highest BCUT2D eigenvalue weighted by Gasteiger charge is 2.37. The molecule has 3 aromatic rings. The molecular weight excluding hydrogens is 577 g/mol. The minimum absolute atomic E-state index is 0.289. The highest BCUT2D eigenvalue weighted by Crippen LogP contribution is 2.52. The Morgan fingerprint density at radius 2 is 1.52 bits per heavy atom. The second-order valence-electron chi connectivity index (χ2n) is 17.7. The Morgan fingerprint density at radius 1 is 0.917 bits per heavy atom. The molecular formula is C48H62. The standard InChI is InChI=1S/C43H50.C5H12/c1-26(2)20-38-29(6)21-36-23-35(25-40(36)42(38)33-12-10-28(5)11-13-33)34-14-15-37-30(7)22-39(41(37)24-34)32-16-18-43(9,19-17-32)31(8)27(3)4;1-5(2,3)4/h10-15,21-24,27,30,32H,1,8,16-20,25H2,2-7,9H3;1-4H3. The van der Waals surface area contributed by atoms with Crippen LogP contribution in [0.15, 0.2) is 78.9 Å². The summed E-state index contributed by atoms with van der Waals surface area (Å²) in [5.41, 5.74) is 20.6. The molecule has 3 aromatic carbocycles. The largest absolute Gasteiger partial charge is 0.0998 e. The third-order valence-corrected chi connectivity index (χ3v) is 11.0. The van der Waals surface area contributed by atoms with Crippen LogP contribution in [0.2, 0.25) is 0 Å². The maximum atomic E-state index is 4.52. The van der Waals surface area contributed by atoms with Crippen molar-refractivity contribution in [1.82, 2.24) is 0 Å². The second-order valence-corrected chi connectivity index (χ2v) is 17.7. The number of hydrogen-bond donors (Lipinski definition) is 0. The number of hydrogen-bond acceptors (Lipinski definition) is 0. The summed E-state index contributed by atoms with van der Waals surface area (Å²) < 4.78 is 0.